The van der Waals surface area contributed by atoms with Gasteiger partial charge in [0.2, 0.25) is 11.8 Å². The zero-order chi connectivity index (χ0) is 14.0. The molecule has 1 heterocycles. The lowest BCUT2D eigenvalue weighted by Crippen LogP contribution is -2.54. The number of carbonyl (C=O) groups excluding carboxylic acids is 2. The molecule has 0 unspecified atom stereocenters. The van der Waals surface area contributed by atoms with Crippen LogP contribution >= 0.6 is 0 Å². The Labute approximate surface area is 115 Å². The second-order valence-corrected chi connectivity index (χ2v) is 6.34. The molecule has 2 rings (SSSR count). The Morgan fingerprint density at radius 3 is 2.11 bits per heavy atom. The van der Waals surface area contributed by atoms with E-state index in [2.05, 4.69) is 5.32 Å². The summed E-state index contributed by atoms with van der Waals surface area (Å²) >= 11 is 0. The van der Waals surface area contributed by atoms with Crippen LogP contribution < -0.4 is 5.32 Å². The van der Waals surface area contributed by atoms with Gasteiger partial charge in [-0.2, -0.15) is 0 Å². The Bertz CT molecular complexity index is 356. The summed E-state index contributed by atoms with van der Waals surface area (Å²) in [4.78, 5) is 27.5. The maximum Gasteiger partial charge on any atom is 0.229 e. The topological polar surface area (TPSA) is 52.7 Å². The summed E-state index contributed by atoms with van der Waals surface area (Å²) in [6, 6.07) is 0.627. The molecular formula is C14H25N3O2. The fourth-order valence-corrected chi connectivity index (χ4v) is 2.42. The third-order valence-corrected chi connectivity index (χ3v) is 4.00. The molecular weight excluding hydrogens is 242 g/mol. The van der Waals surface area contributed by atoms with Gasteiger partial charge in [-0.1, -0.05) is 0 Å². The molecule has 0 atom stereocenters. The van der Waals surface area contributed by atoms with E-state index in [-0.39, 0.29) is 17.2 Å². The van der Waals surface area contributed by atoms with Crippen LogP contribution in [0.1, 0.15) is 33.6 Å². The van der Waals surface area contributed by atoms with Crippen molar-refractivity contribution in [2.75, 3.05) is 32.7 Å². The maximum atomic E-state index is 12.5. The summed E-state index contributed by atoms with van der Waals surface area (Å²) < 4.78 is 0. The number of hydrogen-bond donors (Lipinski definition) is 1. The van der Waals surface area contributed by atoms with Gasteiger partial charge >= 0.3 is 0 Å². The average Bonchev–Trinajstić information content (AvgIpc) is 3.20. The smallest absolute Gasteiger partial charge is 0.229 e. The summed E-state index contributed by atoms with van der Waals surface area (Å²) in [6.07, 6.45) is 2.48. The van der Waals surface area contributed by atoms with Crippen LogP contribution in [0.15, 0.2) is 0 Å². The van der Waals surface area contributed by atoms with E-state index in [0.29, 0.717) is 32.2 Å². The van der Waals surface area contributed by atoms with Crippen LogP contribution in [0.5, 0.6) is 0 Å². The summed E-state index contributed by atoms with van der Waals surface area (Å²) in [6.45, 7) is 8.96. The van der Waals surface area contributed by atoms with E-state index < -0.39 is 0 Å². The molecule has 0 aromatic heterocycles. The minimum absolute atomic E-state index is 0.0989. The highest BCUT2D eigenvalue weighted by Gasteiger charge is 2.35. The summed E-state index contributed by atoms with van der Waals surface area (Å²) in [5.74, 6) is 0.297. The van der Waals surface area contributed by atoms with Gasteiger partial charge in [-0.25, -0.2) is 0 Å². The summed E-state index contributed by atoms with van der Waals surface area (Å²) in [5.41, 5.74) is -0.360. The summed E-state index contributed by atoms with van der Waals surface area (Å²) in [5, 5.41) is 3.43. The molecule has 1 aliphatic heterocycles. The van der Waals surface area contributed by atoms with E-state index in [9.17, 15) is 9.59 Å². The fraction of sp³-hybridized carbons (Fsp3) is 0.857. The van der Waals surface area contributed by atoms with Crippen molar-refractivity contribution in [2.24, 2.45) is 5.41 Å². The lowest BCUT2D eigenvalue weighted by Gasteiger charge is -2.38. The quantitative estimate of drug-likeness (QED) is 0.805. The minimum Gasteiger partial charge on any atom is -0.339 e. The van der Waals surface area contributed by atoms with Gasteiger partial charge in [0, 0.05) is 45.7 Å². The minimum atomic E-state index is -0.360. The molecule has 0 aromatic rings. The van der Waals surface area contributed by atoms with Crippen molar-refractivity contribution in [2.45, 2.75) is 39.7 Å². The van der Waals surface area contributed by atoms with Crippen molar-refractivity contribution in [1.82, 2.24) is 15.1 Å². The van der Waals surface area contributed by atoms with E-state index in [1.165, 1.54) is 12.8 Å². The molecule has 0 bridgehead atoms. The maximum absolute atomic E-state index is 12.5. The largest absolute Gasteiger partial charge is 0.339 e. The number of carbonyl (C=O) groups is 2. The third kappa shape index (κ3) is 3.69. The molecule has 1 saturated carbocycles. The molecule has 2 aliphatic rings. The molecule has 0 aromatic carbocycles. The van der Waals surface area contributed by atoms with Gasteiger partial charge in [0.25, 0.3) is 0 Å². The molecule has 5 heteroatoms. The lowest BCUT2D eigenvalue weighted by molar-refractivity contribution is -0.144. The zero-order valence-electron chi connectivity index (χ0n) is 12.2. The first kappa shape index (κ1) is 14.3. The first-order valence-electron chi connectivity index (χ1n) is 7.18. The van der Waals surface area contributed by atoms with E-state index in [1.807, 2.05) is 18.7 Å². The number of nitrogens with one attached hydrogen (secondary N) is 1. The molecule has 19 heavy (non-hydrogen) atoms. The van der Waals surface area contributed by atoms with E-state index in [1.54, 1.807) is 11.8 Å². The monoisotopic (exact) mass is 267 g/mol. The number of rotatable bonds is 4. The first-order chi connectivity index (χ1) is 8.90. The highest BCUT2D eigenvalue weighted by atomic mass is 16.2. The van der Waals surface area contributed by atoms with Gasteiger partial charge in [-0.05, 0) is 26.7 Å². The SMILES string of the molecule is CC(=O)N1CCN(C(=O)C(C)(C)CNC2CC2)CC1. The molecule has 0 spiro atoms. The van der Waals surface area contributed by atoms with Crippen molar-refractivity contribution >= 4 is 11.8 Å². The van der Waals surface area contributed by atoms with Crippen molar-refractivity contribution < 1.29 is 9.59 Å². The Hall–Kier alpha value is -1.10. The van der Waals surface area contributed by atoms with Crippen LogP contribution in [0, 0.1) is 5.41 Å². The van der Waals surface area contributed by atoms with Gasteiger partial charge in [-0.3, -0.25) is 9.59 Å². The summed E-state index contributed by atoms with van der Waals surface area (Å²) in [7, 11) is 0. The standard InChI is InChI=1S/C14H25N3O2/c1-11(18)16-6-8-17(9-7-16)13(19)14(2,3)10-15-12-4-5-12/h12,15H,4-10H2,1-3H3. The first-order valence-corrected chi connectivity index (χ1v) is 7.18. The van der Waals surface area contributed by atoms with Crippen molar-refractivity contribution in [3.8, 4) is 0 Å². The predicted octanol–water partition coefficient (Wildman–Crippen LogP) is 0.455. The Morgan fingerprint density at radius 1 is 1.11 bits per heavy atom. The number of nitrogens with zero attached hydrogens (tertiary/aromatic N) is 2. The van der Waals surface area contributed by atoms with Crippen molar-refractivity contribution in [1.29, 1.82) is 0 Å². The van der Waals surface area contributed by atoms with Crippen LogP contribution in [-0.2, 0) is 9.59 Å². The molecule has 0 radical (unpaired) electrons. The number of amides is 2. The normalized spacial score (nSPS) is 20.6. The molecule has 2 fully saturated rings. The fourth-order valence-electron chi connectivity index (χ4n) is 2.42. The molecule has 1 aliphatic carbocycles. The molecule has 5 nitrogen and oxygen atoms in total. The Balaban J connectivity index is 1.83. The van der Waals surface area contributed by atoms with Crippen molar-refractivity contribution in [3.05, 3.63) is 0 Å². The van der Waals surface area contributed by atoms with Gasteiger partial charge in [-0.15, -0.1) is 0 Å². The van der Waals surface area contributed by atoms with Crippen molar-refractivity contribution in [3.63, 3.8) is 0 Å². The van der Waals surface area contributed by atoms with Gasteiger partial charge < -0.3 is 15.1 Å². The van der Waals surface area contributed by atoms with E-state index >= 15 is 0 Å². The number of hydrogen-bond acceptors (Lipinski definition) is 3. The molecule has 1 saturated heterocycles. The Morgan fingerprint density at radius 2 is 1.63 bits per heavy atom. The highest BCUT2D eigenvalue weighted by Crippen LogP contribution is 2.23. The predicted molar refractivity (Wildman–Crippen MR) is 73.6 cm³/mol. The highest BCUT2D eigenvalue weighted by molar-refractivity contribution is 5.82. The van der Waals surface area contributed by atoms with Gasteiger partial charge in [0.15, 0.2) is 0 Å². The molecule has 1 N–H and O–H groups in total. The lowest BCUT2D eigenvalue weighted by atomic mass is 9.91. The second kappa shape index (κ2) is 5.49. The van der Waals surface area contributed by atoms with Crippen LogP contribution in [-0.4, -0.2) is 60.4 Å². The van der Waals surface area contributed by atoms with E-state index in [0.717, 1.165) is 6.54 Å². The third-order valence-electron chi connectivity index (χ3n) is 4.00. The van der Waals surface area contributed by atoms with Crippen LogP contribution in [0.2, 0.25) is 0 Å². The second-order valence-electron chi connectivity index (χ2n) is 6.34. The molecule has 2 amide bonds. The van der Waals surface area contributed by atoms with E-state index in [4.69, 9.17) is 0 Å². The molecule has 108 valence electrons. The van der Waals surface area contributed by atoms with Crippen LogP contribution in [0.3, 0.4) is 0 Å². The van der Waals surface area contributed by atoms with Crippen LogP contribution in [0.25, 0.3) is 0 Å². The Kier molecular flexibility index (Phi) is 4.13. The average molecular weight is 267 g/mol. The van der Waals surface area contributed by atoms with Crippen LogP contribution in [0.4, 0.5) is 0 Å². The van der Waals surface area contributed by atoms with Gasteiger partial charge in [0.1, 0.15) is 0 Å². The van der Waals surface area contributed by atoms with Gasteiger partial charge in [0.05, 0.1) is 5.41 Å². The number of piperazine rings is 1. The zero-order valence-corrected chi connectivity index (χ0v) is 12.2.